The van der Waals surface area contributed by atoms with Crippen molar-refractivity contribution in [3.8, 4) is 0 Å². The maximum absolute atomic E-state index is 13.1. The molecule has 2 aromatic rings. The van der Waals surface area contributed by atoms with E-state index in [1.54, 1.807) is 37.3 Å². The van der Waals surface area contributed by atoms with Gasteiger partial charge in [0.25, 0.3) is 0 Å². The molecule has 0 spiro atoms. The number of nitrogens with zero attached hydrogens (tertiary/aromatic N) is 2. The topological polar surface area (TPSA) is 86.8 Å². The molecule has 0 fully saturated rings. The highest BCUT2D eigenvalue weighted by Crippen LogP contribution is 2.24. The van der Waals surface area contributed by atoms with Crippen molar-refractivity contribution in [3.63, 3.8) is 0 Å². The van der Waals surface area contributed by atoms with Crippen molar-refractivity contribution >= 4 is 50.7 Å². The van der Waals surface area contributed by atoms with Gasteiger partial charge in [0.1, 0.15) is 6.04 Å². The first-order valence-electron chi connectivity index (χ1n) is 11.0. The fourth-order valence-electron chi connectivity index (χ4n) is 3.53. The molecule has 186 valence electrons. The van der Waals surface area contributed by atoms with Crippen molar-refractivity contribution in [3.05, 3.63) is 63.6 Å². The number of aryl methyl sites for hydroxylation is 1. The highest BCUT2D eigenvalue weighted by Gasteiger charge is 2.26. The van der Waals surface area contributed by atoms with E-state index in [0.717, 1.165) is 18.2 Å². The van der Waals surface area contributed by atoms with Crippen molar-refractivity contribution in [2.75, 3.05) is 24.2 Å². The fourth-order valence-corrected chi connectivity index (χ4v) is 4.96. The van der Waals surface area contributed by atoms with Crippen LogP contribution in [0.5, 0.6) is 0 Å². The third-order valence-corrected chi connectivity index (χ3v) is 7.34. The summed E-state index contributed by atoms with van der Waals surface area (Å²) in [5.41, 5.74) is 2.31. The van der Waals surface area contributed by atoms with Crippen LogP contribution in [0.1, 0.15) is 37.8 Å². The summed E-state index contributed by atoms with van der Waals surface area (Å²) in [5.74, 6) is -0.593. The first-order chi connectivity index (χ1) is 16.0. The minimum Gasteiger partial charge on any atom is -0.357 e. The van der Waals surface area contributed by atoms with Gasteiger partial charge in [-0.25, -0.2) is 8.42 Å². The molecule has 0 saturated heterocycles. The lowest BCUT2D eigenvalue weighted by Gasteiger charge is -2.29. The Balaban J connectivity index is 2.16. The van der Waals surface area contributed by atoms with Crippen LogP contribution in [0.15, 0.2) is 42.5 Å². The van der Waals surface area contributed by atoms with Gasteiger partial charge in [-0.3, -0.25) is 13.9 Å². The molecule has 0 bridgehead atoms. The molecule has 2 aromatic carbocycles. The van der Waals surface area contributed by atoms with Gasteiger partial charge < -0.3 is 10.2 Å². The summed E-state index contributed by atoms with van der Waals surface area (Å²) in [6.07, 6.45) is 2.34. The Morgan fingerprint density at radius 1 is 1.09 bits per heavy atom. The molecule has 0 aliphatic rings. The number of carbonyl (C=O) groups excluding carboxylic acids is 2. The van der Waals surface area contributed by atoms with E-state index >= 15 is 0 Å². The zero-order valence-corrected chi connectivity index (χ0v) is 22.2. The minimum absolute atomic E-state index is 0.0611. The molecule has 2 rings (SSSR count). The fraction of sp³-hybridized carbons (Fsp3) is 0.417. The monoisotopic (exact) mass is 527 g/mol. The van der Waals surface area contributed by atoms with Crippen LogP contribution < -0.4 is 9.62 Å². The highest BCUT2D eigenvalue weighted by molar-refractivity contribution is 7.92. The number of benzene rings is 2. The summed E-state index contributed by atoms with van der Waals surface area (Å²) in [6, 6.07) is 11.5. The molecule has 0 aliphatic carbocycles. The number of likely N-dealkylation sites (N-methyl/N-ethyl adjacent to an activating group) is 1. The molecule has 0 heterocycles. The molecule has 1 N–H and O–H groups in total. The highest BCUT2D eigenvalue weighted by atomic mass is 35.5. The molecule has 1 unspecified atom stereocenters. The van der Waals surface area contributed by atoms with Crippen LogP contribution in [0.4, 0.5) is 5.69 Å². The predicted octanol–water partition coefficient (Wildman–Crippen LogP) is 4.27. The Bertz CT molecular complexity index is 1110. The molecule has 10 heteroatoms. The Morgan fingerprint density at radius 3 is 2.26 bits per heavy atom. The normalized spacial score (nSPS) is 12.2. The Labute approximate surface area is 212 Å². The maximum atomic E-state index is 13.1. The van der Waals surface area contributed by atoms with Crippen LogP contribution in [0, 0.1) is 0 Å². The summed E-state index contributed by atoms with van der Waals surface area (Å²) >= 11 is 12.3. The lowest BCUT2D eigenvalue weighted by Crippen LogP contribution is -2.46. The molecular formula is C24H31Cl2N3O4S. The van der Waals surface area contributed by atoms with Crippen molar-refractivity contribution < 1.29 is 18.0 Å². The number of sulfonamides is 1. The van der Waals surface area contributed by atoms with E-state index in [9.17, 15) is 18.0 Å². The van der Waals surface area contributed by atoms with Crippen LogP contribution in [-0.4, -0.2) is 51.0 Å². The van der Waals surface area contributed by atoms with Gasteiger partial charge in [0.2, 0.25) is 21.8 Å². The standard InChI is InChI=1S/C24H31Cl2N3O4S/c1-5-18-8-12-21(13-9-18)29(34(4,32)33)14-6-7-23(30)28(17(2)24(31)27-3)16-19-10-11-20(25)15-22(19)26/h8-13,15,17H,5-7,14,16H2,1-4H3,(H,27,31). The van der Waals surface area contributed by atoms with Crippen LogP contribution in [0.2, 0.25) is 10.0 Å². The molecule has 0 saturated carbocycles. The van der Waals surface area contributed by atoms with Gasteiger partial charge in [-0.1, -0.05) is 48.3 Å². The van der Waals surface area contributed by atoms with E-state index in [1.807, 2.05) is 19.1 Å². The van der Waals surface area contributed by atoms with Gasteiger partial charge >= 0.3 is 0 Å². The van der Waals surface area contributed by atoms with Gasteiger partial charge in [-0.15, -0.1) is 0 Å². The van der Waals surface area contributed by atoms with Crippen molar-refractivity contribution in [1.29, 1.82) is 0 Å². The second-order valence-corrected chi connectivity index (χ2v) is 10.8. The van der Waals surface area contributed by atoms with Gasteiger partial charge in [0, 0.05) is 36.6 Å². The number of carbonyl (C=O) groups is 2. The number of nitrogens with one attached hydrogen (secondary N) is 1. The van der Waals surface area contributed by atoms with Crippen LogP contribution >= 0.6 is 23.2 Å². The van der Waals surface area contributed by atoms with E-state index in [4.69, 9.17) is 23.2 Å². The third kappa shape index (κ3) is 7.61. The summed E-state index contributed by atoms with van der Waals surface area (Å²) in [6.45, 7) is 3.92. The number of amides is 2. The second-order valence-electron chi connectivity index (χ2n) is 8.01. The summed E-state index contributed by atoms with van der Waals surface area (Å²) < 4.78 is 26.1. The van der Waals surface area contributed by atoms with Crippen LogP contribution in [0.3, 0.4) is 0 Å². The quantitative estimate of drug-likeness (QED) is 0.472. The van der Waals surface area contributed by atoms with Crippen molar-refractivity contribution in [1.82, 2.24) is 10.2 Å². The SMILES string of the molecule is CCc1ccc(N(CCCC(=O)N(Cc2ccc(Cl)cc2Cl)C(C)C(=O)NC)S(C)(=O)=O)cc1. The molecule has 7 nitrogen and oxygen atoms in total. The summed E-state index contributed by atoms with van der Waals surface area (Å²) in [5, 5.41) is 3.43. The zero-order chi connectivity index (χ0) is 25.5. The van der Waals surface area contributed by atoms with E-state index in [-0.39, 0.29) is 37.7 Å². The van der Waals surface area contributed by atoms with E-state index in [0.29, 0.717) is 21.3 Å². The Kier molecular flexibility index (Phi) is 10.2. The number of anilines is 1. The predicted molar refractivity (Wildman–Crippen MR) is 138 cm³/mol. The molecule has 0 aromatic heterocycles. The molecule has 0 aliphatic heterocycles. The van der Waals surface area contributed by atoms with Gasteiger partial charge in [0.15, 0.2) is 0 Å². The van der Waals surface area contributed by atoms with Crippen LogP contribution in [0.25, 0.3) is 0 Å². The van der Waals surface area contributed by atoms with Crippen LogP contribution in [-0.2, 0) is 32.6 Å². The smallest absolute Gasteiger partial charge is 0.242 e. The van der Waals surface area contributed by atoms with Crippen molar-refractivity contribution in [2.24, 2.45) is 0 Å². The van der Waals surface area contributed by atoms with E-state index < -0.39 is 16.1 Å². The van der Waals surface area contributed by atoms with Gasteiger partial charge in [-0.2, -0.15) is 0 Å². The number of halogens is 2. The van der Waals surface area contributed by atoms with Crippen molar-refractivity contribution in [2.45, 2.75) is 45.7 Å². The van der Waals surface area contributed by atoms with Gasteiger partial charge in [0.05, 0.1) is 11.9 Å². The molecule has 1 atom stereocenters. The average molecular weight is 529 g/mol. The number of rotatable bonds is 11. The van der Waals surface area contributed by atoms with E-state index in [2.05, 4.69) is 5.32 Å². The molecule has 0 radical (unpaired) electrons. The first-order valence-corrected chi connectivity index (χ1v) is 13.6. The lowest BCUT2D eigenvalue weighted by atomic mass is 10.1. The van der Waals surface area contributed by atoms with Gasteiger partial charge in [-0.05, 0) is 55.2 Å². The maximum Gasteiger partial charge on any atom is 0.242 e. The Morgan fingerprint density at radius 2 is 1.74 bits per heavy atom. The Hall–Kier alpha value is -2.29. The molecule has 34 heavy (non-hydrogen) atoms. The summed E-state index contributed by atoms with van der Waals surface area (Å²) in [4.78, 5) is 26.9. The zero-order valence-electron chi connectivity index (χ0n) is 19.8. The first kappa shape index (κ1) is 28.0. The largest absolute Gasteiger partial charge is 0.357 e. The molecule has 2 amide bonds. The second kappa shape index (κ2) is 12.4. The lowest BCUT2D eigenvalue weighted by molar-refractivity contribution is -0.140. The molecular weight excluding hydrogens is 497 g/mol. The minimum atomic E-state index is -3.53. The van der Waals surface area contributed by atoms with E-state index in [1.165, 1.54) is 16.3 Å². The average Bonchev–Trinajstić information content (AvgIpc) is 2.79. The number of hydrogen-bond acceptors (Lipinski definition) is 4. The third-order valence-electron chi connectivity index (χ3n) is 5.55. The summed E-state index contributed by atoms with van der Waals surface area (Å²) in [7, 11) is -2.03. The number of hydrogen-bond donors (Lipinski definition) is 1.